The lowest BCUT2D eigenvalue weighted by atomic mass is 9.93. The average molecular weight is 346 g/mol. The Bertz CT molecular complexity index is 581. The van der Waals surface area contributed by atoms with Crippen LogP contribution in [0.25, 0.3) is 0 Å². The van der Waals surface area contributed by atoms with Crippen LogP contribution in [0.1, 0.15) is 50.1 Å². The van der Waals surface area contributed by atoms with Gasteiger partial charge in [-0.05, 0) is 56.5 Å². The van der Waals surface area contributed by atoms with Crippen LogP contribution in [0.2, 0.25) is 0 Å². The summed E-state index contributed by atoms with van der Waals surface area (Å²) >= 11 is 0. The third-order valence-corrected chi connectivity index (χ3v) is 5.82. The molecule has 5 nitrogen and oxygen atoms in total. The van der Waals surface area contributed by atoms with Crippen molar-refractivity contribution in [2.75, 3.05) is 27.2 Å². The number of likely N-dealkylation sites (tertiary alicyclic amines) is 1. The second kappa shape index (κ2) is 7.75. The van der Waals surface area contributed by atoms with E-state index in [4.69, 9.17) is 4.74 Å². The first-order valence-corrected chi connectivity index (χ1v) is 9.34. The molecule has 0 aromatic heterocycles. The molecule has 25 heavy (non-hydrogen) atoms. The number of carbonyl (C=O) groups excluding carboxylic acids is 1. The zero-order valence-corrected chi connectivity index (χ0v) is 15.3. The van der Waals surface area contributed by atoms with Gasteiger partial charge < -0.3 is 15.2 Å². The number of hydrogen-bond acceptors (Lipinski definition) is 4. The van der Waals surface area contributed by atoms with Crippen molar-refractivity contribution < 1.29 is 14.6 Å². The van der Waals surface area contributed by atoms with Crippen LogP contribution in [0, 0.1) is 5.92 Å². The molecule has 1 saturated heterocycles. The van der Waals surface area contributed by atoms with Crippen molar-refractivity contribution in [3.8, 4) is 5.75 Å². The predicted octanol–water partition coefficient (Wildman–Crippen LogP) is 2.50. The molecule has 1 aliphatic carbocycles. The molecule has 0 radical (unpaired) electrons. The molecule has 2 fully saturated rings. The van der Waals surface area contributed by atoms with Crippen LogP contribution < -0.4 is 10.1 Å². The first kappa shape index (κ1) is 18.2. The first-order chi connectivity index (χ1) is 12.0. The Hall–Kier alpha value is -1.59. The summed E-state index contributed by atoms with van der Waals surface area (Å²) in [5, 5.41) is 13.5. The maximum Gasteiger partial charge on any atom is 0.222 e. The van der Waals surface area contributed by atoms with Gasteiger partial charge >= 0.3 is 0 Å². The number of methoxy groups -OCH3 is 1. The number of nitrogens with zero attached hydrogens (tertiary/aromatic N) is 1. The van der Waals surface area contributed by atoms with Crippen molar-refractivity contribution >= 4 is 5.91 Å². The van der Waals surface area contributed by atoms with E-state index in [2.05, 4.69) is 29.4 Å². The van der Waals surface area contributed by atoms with Gasteiger partial charge in [0.2, 0.25) is 5.91 Å². The molecule has 1 heterocycles. The minimum absolute atomic E-state index is 0.0209. The number of benzene rings is 1. The Kier molecular flexibility index (Phi) is 5.64. The standard InChI is InChI=1S/C20H30N2O3/c1-22-12-9-16(19(22)15-5-7-17(25-2)8-6-15)14-21-18(23)13-20(24)10-3-4-11-20/h5-8,16,19,24H,3-4,9-14H2,1-2H3,(H,21,23). The van der Waals surface area contributed by atoms with E-state index in [-0.39, 0.29) is 12.3 Å². The number of amides is 1. The van der Waals surface area contributed by atoms with Crippen molar-refractivity contribution in [2.24, 2.45) is 5.92 Å². The molecule has 1 aromatic rings. The molecule has 1 aliphatic heterocycles. The molecule has 138 valence electrons. The van der Waals surface area contributed by atoms with E-state index in [9.17, 15) is 9.90 Å². The number of rotatable bonds is 6. The Morgan fingerprint density at radius 1 is 1.32 bits per heavy atom. The first-order valence-electron chi connectivity index (χ1n) is 9.34. The highest BCUT2D eigenvalue weighted by Gasteiger charge is 2.35. The molecule has 1 saturated carbocycles. The molecular formula is C20H30N2O3. The lowest BCUT2D eigenvalue weighted by Gasteiger charge is -2.27. The van der Waals surface area contributed by atoms with Crippen LogP contribution in [0.3, 0.4) is 0 Å². The zero-order valence-electron chi connectivity index (χ0n) is 15.3. The van der Waals surface area contributed by atoms with Gasteiger partial charge in [-0.2, -0.15) is 0 Å². The van der Waals surface area contributed by atoms with Gasteiger partial charge in [-0.25, -0.2) is 0 Å². The number of hydrogen-bond donors (Lipinski definition) is 2. The summed E-state index contributed by atoms with van der Waals surface area (Å²) in [4.78, 5) is 14.6. The minimum atomic E-state index is -0.772. The highest BCUT2D eigenvalue weighted by atomic mass is 16.5. The summed E-state index contributed by atoms with van der Waals surface area (Å²) in [6, 6.07) is 8.52. The van der Waals surface area contributed by atoms with Gasteiger partial charge in [0.25, 0.3) is 0 Å². The molecule has 2 N–H and O–H groups in total. The van der Waals surface area contributed by atoms with Gasteiger partial charge in [0, 0.05) is 12.6 Å². The largest absolute Gasteiger partial charge is 0.497 e. The number of carbonyl (C=O) groups is 1. The minimum Gasteiger partial charge on any atom is -0.497 e. The van der Waals surface area contributed by atoms with Gasteiger partial charge in [0.15, 0.2) is 0 Å². The summed E-state index contributed by atoms with van der Waals surface area (Å²) < 4.78 is 5.24. The van der Waals surface area contributed by atoms with E-state index >= 15 is 0 Å². The quantitative estimate of drug-likeness (QED) is 0.831. The summed E-state index contributed by atoms with van der Waals surface area (Å²) in [6.07, 6.45) is 4.86. The van der Waals surface area contributed by atoms with Crippen LogP contribution in [-0.2, 0) is 4.79 Å². The molecule has 0 spiro atoms. The molecule has 3 rings (SSSR count). The topological polar surface area (TPSA) is 61.8 Å². The molecule has 1 aromatic carbocycles. The maximum atomic E-state index is 12.3. The van der Waals surface area contributed by atoms with Gasteiger partial charge in [0.1, 0.15) is 5.75 Å². The normalized spacial score (nSPS) is 25.9. The molecule has 2 unspecified atom stereocenters. The van der Waals surface area contributed by atoms with Crippen LogP contribution in [0.5, 0.6) is 5.75 Å². The van der Waals surface area contributed by atoms with Crippen LogP contribution in [0.15, 0.2) is 24.3 Å². The summed E-state index contributed by atoms with van der Waals surface area (Å²) in [6.45, 7) is 1.69. The van der Waals surface area contributed by atoms with Crippen LogP contribution in [-0.4, -0.2) is 48.8 Å². The highest BCUT2D eigenvalue weighted by molar-refractivity contribution is 5.77. The van der Waals surface area contributed by atoms with Gasteiger partial charge in [0.05, 0.1) is 19.1 Å². The number of aliphatic hydroxyl groups is 1. The van der Waals surface area contributed by atoms with Crippen molar-refractivity contribution in [2.45, 2.75) is 50.2 Å². The van der Waals surface area contributed by atoms with E-state index in [1.165, 1.54) is 5.56 Å². The van der Waals surface area contributed by atoms with Gasteiger partial charge in [-0.1, -0.05) is 25.0 Å². The second-order valence-corrected chi connectivity index (χ2v) is 7.66. The fourth-order valence-corrected chi connectivity index (χ4v) is 4.38. The third-order valence-electron chi connectivity index (χ3n) is 5.82. The predicted molar refractivity (Wildman–Crippen MR) is 97.5 cm³/mol. The maximum absolute atomic E-state index is 12.3. The molecule has 2 atom stereocenters. The monoisotopic (exact) mass is 346 g/mol. The Labute approximate surface area is 150 Å². The van der Waals surface area contributed by atoms with E-state index in [0.29, 0.717) is 18.5 Å². The smallest absolute Gasteiger partial charge is 0.222 e. The van der Waals surface area contributed by atoms with Crippen LogP contribution >= 0.6 is 0 Å². The van der Waals surface area contributed by atoms with Crippen LogP contribution in [0.4, 0.5) is 0 Å². The molecule has 1 amide bonds. The van der Waals surface area contributed by atoms with Gasteiger partial charge in [-0.3, -0.25) is 9.69 Å². The SMILES string of the molecule is COc1ccc(C2C(CNC(=O)CC3(O)CCCC3)CCN2C)cc1. The summed E-state index contributed by atoms with van der Waals surface area (Å²) in [5.74, 6) is 1.23. The molecular weight excluding hydrogens is 316 g/mol. The Balaban J connectivity index is 1.57. The molecule has 5 heteroatoms. The number of nitrogens with one attached hydrogen (secondary N) is 1. The van der Waals surface area contributed by atoms with E-state index in [1.54, 1.807) is 7.11 Å². The molecule has 2 aliphatic rings. The van der Waals surface area contributed by atoms with E-state index < -0.39 is 5.60 Å². The fraction of sp³-hybridized carbons (Fsp3) is 0.650. The Morgan fingerprint density at radius 2 is 2.00 bits per heavy atom. The van der Waals surface area contributed by atoms with Crippen molar-refractivity contribution in [1.82, 2.24) is 10.2 Å². The van der Waals surface area contributed by atoms with Gasteiger partial charge in [-0.15, -0.1) is 0 Å². The third kappa shape index (κ3) is 4.33. The lowest BCUT2D eigenvalue weighted by molar-refractivity contribution is -0.126. The lowest BCUT2D eigenvalue weighted by Crippen LogP contribution is -2.37. The van der Waals surface area contributed by atoms with E-state index in [0.717, 1.165) is 44.4 Å². The fourth-order valence-electron chi connectivity index (χ4n) is 4.38. The van der Waals surface area contributed by atoms with E-state index in [1.807, 2.05) is 12.1 Å². The second-order valence-electron chi connectivity index (χ2n) is 7.66. The van der Waals surface area contributed by atoms with Crippen molar-refractivity contribution in [3.63, 3.8) is 0 Å². The zero-order chi connectivity index (χ0) is 17.9. The summed E-state index contributed by atoms with van der Waals surface area (Å²) in [7, 11) is 3.81. The number of ether oxygens (including phenoxy) is 1. The average Bonchev–Trinajstić information content (AvgIpc) is 3.19. The summed E-state index contributed by atoms with van der Waals surface area (Å²) in [5.41, 5.74) is 0.487. The Morgan fingerprint density at radius 3 is 2.64 bits per heavy atom. The van der Waals surface area contributed by atoms with Crippen molar-refractivity contribution in [3.05, 3.63) is 29.8 Å². The van der Waals surface area contributed by atoms with Crippen molar-refractivity contribution in [1.29, 1.82) is 0 Å². The highest BCUT2D eigenvalue weighted by Crippen LogP contribution is 2.36. The molecule has 0 bridgehead atoms.